The maximum absolute atomic E-state index is 6.58. The zero-order valence-corrected chi connectivity index (χ0v) is 76.1. The van der Waals surface area contributed by atoms with Crippen LogP contribution in [0.2, 0.25) is 0 Å². The fraction of sp³-hybridized carbons (Fsp3) is 0. The van der Waals surface area contributed by atoms with Gasteiger partial charge in [0.05, 0.1) is 50.7 Å². The summed E-state index contributed by atoms with van der Waals surface area (Å²) < 4.78 is 25.0. The molecule has 142 heavy (non-hydrogen) atoms. The monoisotopic (exact) mass is 1820 g/mol. The second kappa shape index (κ2) is 34.5. The molecule has 0 aliphatic carbocycles. The van der Waals surface area contributed by atoms with Crippen LogP contribution in [0.5, 0.6) is 0 Å². The van der Waals surface area contributed by atoms with Crippen LogP contribution >= 0.6 is 0 Å². The van der Waals surface area contributed by atoms with Crippen molar-refractivity contribution in [2.45, 2.75) is 0 Å². The summed E-state index contributed by atoms with van der Waals surface area (Å²) in [5.41, 5.74) is 32.6. The van der Waals surface area contributed by atoms with Gasteiger partial charge in [-0.15, -0.1) is 0 Å². The topological polar surface area (TPSA) is 169 Å². The zero-order chi connectivity index (χ0) is 93.7. The van der Waals surface area contributed by atoms with E-state index in [2.05, 4.69) is 279 Å². The van der Waals surface area contributed by atoms with Crippen molar-refractivity contribution >= 4 is 153 Å². The Labute approximate surface area is 812 Å². The van der Waals surface area contributed by atoms with Crippen molar-refractivity contribution in [2.75, 3.05) is 0 Å². The molecule has 0 unspecified atom stereocenters. The lowest BCUT2D eigenvalue weighted by Crippen LogP contribution is -1.98. The summed E-state index contributed by atoms with van der Waals surface area (Å²) in [7, 11) is 0. The molecule has 29 rings (SSSR count). The van der Waals surface area contributed by atoms with E-state index in [1.807, 2.05) is 188 Å². The van der Waals surface area contributed by atoms with E-state index in [0.29, 0.717) is 17.5 Å². The first-order chi connectivity index (χ1) is 70.4. The van der Waals surface area contributed by atoms with Crippen molar-refractivity contribution < 1.29 is 17.7 Å². The lowest BCUT2D eigenvalue weighted by Gasteiger charge is -2.15. The van der Waals surface area contributed by atoms with Gasteiger partial charge in [0.1, 0.15) is 61.2 Å². The number of nitrogens with zero attached hydrogens (tertiary/aromatic N) is 9. The summed E-state index contributed by atoms with van der Waals surface area (Å²) in [5.74, 6) is 1.95. The highest BCUT2D eigenvalue weighted by molar-refractivity contribution is 6.20. The first kappa shape index (κ1) is 82.1. The molecule has 29 aromatic rings. The number of hydrogen-bond acceptors (Lipinski definition) is 13. The minimum Gasteiger partial charge on any atom is -0.456 e. The smallest absolute Gasteiger partial charge is 0.160 e. The number of hydrogen-bond donors (Lipinski definition) is 0. The van der Waals surface area contributed by atoms with E-state index in [0.717, 1.165) is 271 Å². The molecule has 0 radical (unpaired) electrons. The second-order valence-corrected chi connectivity index (χ2v) is 35.6. The summed E-state index contributed by atoms with van der Waals surface area (Å²) in [6.07, 6.45) is 0. The van der Waals surface area contributed by atoms with Crippen LogP contribution in [0.3, 0.4) is 0 Å². The van der Waals surface area contributed by atoms with Crippen LogP contribution in [-0.2, 0) is 0 Å². The van der Waals surface area contributed by atoms with Gasteiger partial charge in [-0.05, 0) is 143 Å². The molecule has 662 valence electrons. The fourth-order valence-corrected chi connectivity index (χ4v) is 20.2. The van der Waals surface area contributed by atoms with Crippen LogP contribution in [0.25, 0.3) is 288 Å². The van der Waals surface area contributed by atoms with Gasteiger partial charge < -0.3 is 17.7 Å². The molecule has 0 bridgehead atoms. The third-order valence-electron chi connectivity index (χ3n) is 27.1. The van der Waals surface area contributed by atoms with Gasteiger partial charge in [0.2, 0.25) is 0 Å². The summed E-state index contributed by atoms with van der Waals surface area (Å²) >= 11 is 0. The van der Waals surface area contributed by atoms with Crippen LogP contribution in [0, 0.1) is 0 Å². The Morgan fingerprint density at radius 1 is 0.127 bits per heavy atom. The highest BCUT2D eigenvalue weighted by Gasteiger charge is 2.27. The predicted molar refractivity (Wildman–Crippen MR) is 579 cm³/mol. The molecule has 0 N–H and O–H groups in total. The summed E-state index contributed by atoms with van der Waals surface area (Å²) in [4.78, 5) is 47.5. The Balaban J connectivity index is 0.000000107. The maximum Gasteiger partial charge on any atom is 0.160 e. The SMILES string of the molecule is c1ccc(-c2cc(-c3cccc4c3oc3ccccc34)c3ccc4c(-c5ccc6oc7ccccc7c6c5)nc(-c5ccccc5)nc4c3n2)cc1.c1ccc(-c2cc(-c3ccccc3)c3ccc4c(-c5ccc6oc7ccccc7c6c5)nc(-c5ccccc5)nc4c3n2)cc1.c1ccc(-c2cc(-c3ccccc3)c3ccc4c(-c5ccccc5)nc(-c5ccc6oc7ccccc7c6c5)nc4c3n2)cc1. The summed E-state index contributed by atoms with van der Waals surface area (Å²) in [5, 5.41) is 14.5. The lowest BCUT2D eigenvalue weighted by atomic mass is 9.94. The molecule has 0 amide bonds. The number of furan rings is 4. The molecule has 10 heterocycles. The van der Waals surface area contributed by atoms with E-state index in [1.54, 1.807) is 0 Å². The second-order valence-electron chi connectivity index (χ2n) is 35.6. The van der Waals surface area contributed by atoms with Gasteiger partial charge in [-0.25, -0.2) is 44.9 Å². The van der Waals surface area contributed by atoms with Crippen molar-refractivity contribution in [1.82, 2.24) is 44.9 Å². The van der Waals surface area contributed by atoms with E-state index in [4.69, 9.17) is 62.5 Å². The Bertz CT molecular complexity index is 9920. The Morgan fingerprint density at radius 2 is 0.387 bits per heavy atom. The van der Waals surface area contributed by atoms with Gasteiger partial charge in [-0.1, -0.05) is 352 Å². The van der Waals surface area contributed by atoms with E-state index in [9.17, 15) is 0 Å². The highest BCUT2D eigenvalue weighted by Crippen LogP contribution is 2.48. The number of pyridine rings is 3. The van der Waals surface area contributed by atoms with E-state index in [-0.39, 0.29) is 0 Å². The van der Waals surface area contributed by atoms with Crippen LogP contribution in [0.1, 0.15) is 0 Å². The molecule has 0 atom stereocenters. The first-order valence-electron chi connectivity index (χ1n) is 47.4. The fourth-order valence-electron chi connectivity index (χ4n) is 20.2. The molecule has 13 heteroatoms. The molecule has 0 saturated carbocycles. The maximum atomic E-state index is 6.58. The van der Waals surface area contributed by atoms with Crippen molar-refractivity contribution in [1.29, 1.82) is 0 Å². The summed E-state index contributed by atoms with van der Waals surface area (Å²) in [6.45, 7) is 0. The third-order valence-corrected chi connectivity index (χ3v) is 27.1. The average molecular weight is 1820 g/mol. The molecule has 0 aliphatic rings. The van der Waals surface area contributed by atoms with Crippen LogP contribution in [0.15, 0.2) is 485 Å². The van der Waals surface area contributed by atoms with Gasteiger partial charge >= 0.3 is 0 Å². The number of fused-ring (bicyclic) bond motifs is 21. The van der Waals surface area contributed by atoms with Crippen LogP contribution in [-0.4, -0.2) is 44.9 Å². The van der Waals surface area contributed by atoms with Crippen molar-refractivity contribution in [3.63, 3.8) is 0 Å². The van der Waals surface area contributed by atoms with E-state index < -0.39 is 0 Å². The third kappa shape index (κ3) is 14.5. The summed E-state index contributed by atoms with van der Waals surface area (Å²) in [6, 6.07) is 160. The Morgan fingerprint density at radius 3 is 0.768 bits per heavy atom. The predicted octanol–water partition coefficient (Wildman–Crippen LogP) is 34.1. The van der Waals surface area contributed by atoms with Gasteiger partial charge in [-0.2, -0.15) is 0 Å². The van der Waals surface area contributed by atoms with Gasteiger partial charge in [0.25, 0.3) is 0 Å². The molecule has 19 aromatic carbocycles. The lowest BCUT2D eigenvalue weighted by molar-refractivity contribution is 0.668. The van der Waals surface area contributed by atoms with E-state index >= 15 is 0 Å². The normalized spacial score (nSPS) is 11.7. The number of benzene rings is 19. The minimum absolute atomic E-state index is 0.639. The molecule has 0 aliphatic heterocycles. The first-order valence-corrected chi connectivity index (χ1v) is 47.4. The van der Waals surface area contributed by atoms with Crippen LogP contribution in [0.4, 0.5) is 0 Å². The number of rotatable bonds is 12. The molecule has 10 aromatic heterocycles. The number of aromatic nitrogens is 9. The van der Waals surface area contributed by atoms with Crippen molar-refractivity contribution in [3.05, 3.63) is 467 Å². The van der Waals surface area contributed by atoms with Crippen molar-refractivity contribution in [2.24, 2.45) is 0 Å². The molecular weight excluding hydrogens is 1740 g/mol. The zero-order valence-electron chi connectivity index (χ0n) is 76.1. The quantitative estimate of drug-likeness (QED) is 0.106. The Hall–Kier alpha value is -19.4. The van der Waals surface area contributed by atoms with Gasteiger partial charge in [0, 0.05) is 131 Å². The van der Waals surface area contributed by atoms with Crippen molar-refractivity contribution in [3.8, 4) is 135 Å². The van der Waals surface area contributed by atoms with Crippen LogP contribution < -0.4 is 0 Å². The average Bonchev–Trinajstić information content (AvgIpc) is 1.24. The molecule has 0 spiro atoms. The molecule has 0 fully saturated rings. The van der Waals surface area contributed by atoms with Gasteiger partial charge in [0.15, 0.2) is 17.5 Å². The van der Waals surface area contributed by atoms with Gasteiger partial charge in [-0.3, -0.25) is 0 Å². The number of para-hydroxylation sites is 5. The highest BCUT2D eigenvalue weighted by atomic mass is 16.3. The molecule has 0 saturated heterocycles. The molecule has 13 nitrogen and oxygen atoms in total. The Kier molecular flexibility index (Phi) is 19.9. The largest absolute Gasteiger partial charge is 0.456 e. The standard InChI is InChI=1S/C47H27N3O2.2C41H25N3O/c1-3-12-28(13-4-1)39-27-37(35-19-11-18-34-31-16-7-10-21-41(31)52-46(34)35)33-23-24-36-43(30-22-25-42-38(26-30)32-17-8-9-20-40(32)51-42)49-47(29-14-5-2-6-15-29)50-45(36)44(33)48-39;1-4-12-26(13-5-1)33-25-35(27-14-6-2-7-15-27)42-39-31(33)21-22-32-38(43-41(44-40(32)39)28-16-8-3-9-17-28)29-20-23-37-34(24-29)30-18-10-11-19-36(30)45-37;1-4-12-26(13-5-1)33-25-35(27-14-6-2-7-15-27)42-39-31(33)21-22-32-38(28-16-8-3-9-17-28)43-41(44-40(32)39)29-20-23-37-34(24-29)30-18-10-11-19-36(30)45-37/h1-27H;2*1-25H. The molecular formula is C129H77N9O4. The minimum atomic E-state index is 0.639. The van der Waals surface area contributed by atoms with E-state index in [1.165, 1.54) is 0 Å².